The Kier molecular flexibility index (Phi) is 4.58. The second-order valence-electron chi connectivity index (χ2n) is 3.50. The molecule has 16 heavy (non-hydrogen) atoms. The van der Waals surface area contributed by atoms with E-state index in [0.717, 1.165) is 5.56 Å². The Morgan fingerprint density at radius 1 is 1.44 bits per heavy atom. The fraction of sp³-hybridized carbons (Fsp3) is 0.308. The highest BCUT2D eigenvalue weighted by Crippen LogP contribution is 2.23. The molecule has 1 rings (SSSR count). The van der Waals surface area contributed by atoms with E-state index in [1.165, 1.54) is 7.11 Å². The lowest BCUT2D eigenvalue weighted by molar-refractivity contribution is -0.140. The van der Waals surface area contributed by atoms with Crippen LogP contribution < -0.4 is 0 Å². The Bertz CT molecular complexity index is 365. The second-order valence-corrected chi connectivity index (χ2v) is 3.50. The molecule has 0 aliphatic heterocycles. The number of methoxy groups -OCH3 is 1. The van der Waals surface area contributed by atoms with E-state index >= 15 is 0 Å². The van der Waals surface area contributed by atoms with Gasteiger partial charge in [0.1, 0.15) is 5.75 Å². The van der Waals surface area contributed by atoms with Crippen molar-refractivity contribution >= 4 is 5.97 Å². The minimum absolute atomic E-state index is 0.00181. The van der Waals surface area contributed by atoms with E-state index < -0.39 is 0 Å². The number of hydrogen-bond acceptors (Lipinski definition) is 3. The fourth-order valence-corrected chi connectivity index (χ4v) is 1.51. The number of ether oxygens (including phenoxy) is 1. The van der Waals surface area contributed by atoms with Crippen LogP contribution in [0.4, 0.5) is 0 Å². The summed E-state index contributed by atoms with van der Waals surface area (Å²) in [6, 6.07) is 6.85. The molecule has 0 fully saturated rings. The van der Waals surface area contributed by atoms with E-state index in [2.05, 4.69) is 4.74 Å². The van der Waals surface area contributed by atoms with Crippen molar-refractivity contribution in [2.45, 2.75) is 19.3 Å². The highest BCUT2D eigenvalue weighted by atomic mass is 16.5. The Hall–Kier alpha value is -1.77. The van der Waals surface area contributed by atoms with E-state index in [1.807, 2.05) is 31.2 Å². The minimum atomic E-state index is -0.240. The predicted octanol–water partition coefficient (Wildman–Crippen LogP) is 2.62. The Labute approximate surface area is 95.4 Å². The highest BCUT2D eigenvalue weighted by molar-refractivity contribution is 5.70. The van der Waals surface area contributed by atoms with Crippen molar-refractivity contribution in [3.8, 4) is 5.75 Å². The van der Waals surface area contributed by atoms with Gasteiger partial charge in [-0.2, -0.15) is 0 Å². The molecule has 0 saturated carbocycles. The second kappa shape index (κ2) is 5.95. The van der Waals surface area contributed by atoms with Gasteiger partial charge in [-0.3, -0.25) is 4.79 Å². The summed E-state index contributed by atoms with van der Waals surface area (Å²) in [6.45, 7) is 1.91. The maximum absolute atomic E-state index is 11.2. The molecule has 3 nitrogen and oxygen atoms in total. The number of phenolic OH excluding ortho intramolecular Hbond substituents is 1. The number of carbonyl (C=O) groups excluding carboxylic acids is 1. The van der Waals surface area contributed by atoms with Gasteiger partial charge in [0.15, 0.2) is 0 Å². The quantitative estimate of drug-likeness (QED) is 0.626. The summed E-state index contributed by atoms with van der Waals surface area (Å²) in [6.07, 6.45) is 4.16. The van der Waals surface area contributed by atoms with E-state index in [1.54, 1.807) is 12.1 Å². The molecule has 1 atom stereocenters. The first-order valence-electron chi connectivity index (χ1n) is 5.16. The van der Waals surface area contributed by atoms with Crippen LogP contribution in [0, 0.1) is 0 Å². The summed E-state index contributed by atoms with van der Waals surface area (Å²) in [5.41, 5.74) is 0.987. The lowest BCUT2D eigenvalue weighted by Gasteiger charge is -2.11. The standard InChI is InChI=1S/C13H16O3/c1-3-4-11(9-13(15)16-2)10-5-7-12(14)8-6-10/h3-8,11,14H,9H2,1-2H3/t11-/m1/s1. The van der Waals surface area contributed by atoms with Gasteiger partial charge in [0, 0.05) is 5.92 Å². The minimum Gasteiger partial charge on any atom is -0.508 e. The molecule has 0 amide bonds. The molecule has 0 heterocycles. The van der Waals surface area contributed by atoms with Gasteiger partial charge in [0.25, 0.3) is 0 Å². The van der Waals surface area contributed by atoms with E-state index in [-0.39, 0.29) is 17.6 Å². The normalized spacial score (nSPS) is 12.6. The molecule has 0 spiro atoms. The number of phenols is 1. The molecule has 86 valence electrons. The number of rotatable bonds is 4. The van der Waals surface area contributed by atoms with Crippen LogP contribution in [0.5, 0.6) is 5.75 Å². The van der Waals surface area contributed by atoms with Crippen LogP contribution in [0.25, 0.3) is 0 Å². The van der Waals surface area contributed by atoms with Gasteiger partial charge >= 0.3 is 5.97 Å². The maximum atomic E-state index is 11.2. The number of benzene rings is 1. The summed E-state index contributed by atoms with van der Waals surface area (Å²) >= 11 is 0. The predicted molar refractivity (Wildman–Crippen MR) is 62.3 cm³/mol. The van der Waals surface area contributed by atoms with Crippen LogP contribution in [0.3, 0.4) is 0 Å². The number of carbonyl (C=O) groups is 1. The SMILES string of the molecule is CC=C[C@H](CC(=O)OC)c1ccc(O)cc1. The largest absolute Gasteiger partial charge is 0.508 e. The molecule has 0 aliphatic rings. The third kappa shape index (κ3) is 3.42. The summed E-state index contributed by atoms with van der Waals surface area (Å²) in [4.78, 5) is 11.2. The van der Waals surface area contributed by atoms with Crippen LogP contribution in [-0.2, 0) is 9.53 Å². The monoisotopic (exact) mass is 220 g/mol. The molecule has 1 N–H and O–H groups in total. The average Bonchev–Trinajstić information content (AvgIpc) is 2.29. The Morgan fingerprint density at radius 2 is 2.06 bits per heavy atom. The van der Waals surface area contributed by atoms with Crippen molar-refractivity contribution < 1.29 is 14.6 Å². The molecule has 0 unspecified atom stereocenters. The Balaban J connectivity index is 2.84. The van der Waals surface area contributed by atoms with Crippen LogP contribution >= 0.6 is 0 Å². The van der Waals surface area contributed by atoms with Crippen molar-refractivity contribution in [2.24, 2.45) is 0 Å². The van der Waals surface area contributed by atoms with Crippen molar-refractivity contribution in [3.63, 3.8) is 0 Å². The molecule has 3 heteroatoms. The molecule has 0 aromatic heterocycles. The first-order chi connectivity index (χ1) is 7.67. The molecule has 1 aromatic carbocycles. The van der Waals surface area contributed by atoms with Crippen molar-refractivity contribution in [3.05, 3.63) is 42.0 Å². The first-order valence-corrected chi connectivity index (χ1v) is 5.16. The zero-order valence-corrected chi connectivity index (χ0v) is 9.51. The highest BCUT2D eigenvalue weighted by Gasteiger charge is 2.13. The zero-order valence-electron chi connectivity index (χ0n) is 9.51. The molecular formula is C13H16O3. The summed E-state index contributed by atoms with van der Waals surface area (Å²) in [5.74, 6) is -0.0183. The number of allylic oxidation sites excluding steroid dienone is 2. The van der Waals surface area contributed by atoms with Gasteiger partial charge in [0.05, 0.1) is 13.5 Å². The number of esters is 1. The van der Waals surface area contributed by atoms with E-state index in [9.17, 15) is 9.90 Å². The van der Waals surface area contributed by atoms with Gasteiger partial charge in [-0.05, 0) is 24.6 Å². The van der Waals surface area contributed by atoms with Crippen LogP contribution in [0.15, 0.2) is 36.4 Å². The molecule has 0 bridgehead atoms. The van der Waals surface area contributed by atoms with Crippen molar-refractivity contribution in [1.82, 2.24) is 0 Å². The summed E-state index contributed by atoms with van der Waals surface area (Å²) < 4.78 is 4.65. The van der Waals surface area contributed by atoms with Gasteiger partial charge in [0.2, 0.25) is 0 Å². The van der Waals surface area contributed by atoms with Gasteiger partial charge in [-0.15, -0.1) is 0 Å². The smallest absolute Gasteiger partial charge is 0.306 e. The van der Waals surface area contributed by atoms with Gasteiger partial charge < -0.3 is 9.84 Å². The lowest BCUT2D eigenvalue weighted by atomic mass is 9.95. The van der Waals surface area contributed by atoms with Crippen LogP contribution in [-0.4, -0.2) is 18.2 Å². The molecule has 0 radical (unpaired) electrons. The number of aromatic hydroxyl groups is 1. The maximum Gasteiger partial charge on any atom is 0.306 e. The van der Waals surface area contributed by atoms with Crippen LogP contribution in [0.2, 0.25) is 0 Å². The molecule has 1 aromatic rings. The average molecular weight is 220 g/mol. The third-order valence-electron chi connectivity index (χ3n) is 2.36. The molecular weight excluding hydrogens is 204 g/mol. The van der Waals surface area contributed by atoms with E-state index in [4.69, 9.17) is 0 Å². The Morgan fingerprint density at radius 3 is 2.56 bits per heavy atom. The van der Waals surface area contributed by atoms with E-state index in [0.29, 0.717) is 6.42 Å². The van der Waals surface area contributed by atoms with Gasteiger partial charge in [-0.1, -0.05) is 24.3 Å². The summed E-state index contributed by atoms with van der Waals surface area (Å²) in [7, 11) is 1.38. The van der Waals surface area contributed by atoms with Crippen molar-refractivity contribution in [1.29, 1.82) is 0 Å². The summed E-state index contributed by atoms with van der Waals surface area (Å²) in [5, 5.41) is 9.19. The first kappa shape index (κ1) is 12.3. The zero-order chi connectivity index (χ0) is 12.0. The van der Waals surface area contributed by atoms with Crippen molar-refractivity contribution in [2.75, 3.05) is 7.11 Å². The third-order valence-corrected chi connectivity index (χ3v) is 2.36. The van der Waals surface area contributed by atoms with Crippen LogP contribution in [0.1, 0.15) is 24.8 Å². The molecule has 0 saturated heterocycles. The lowest BCUT2D eigenvalue weighted by Crippen LogP contribution is -2.06. The fourth-order valence-electron chi connectivity index (χ4n) is 1.51. The van der Waals surface area contributed by atoms with Gasteiger partial charge in [-0.25, -0.2) is 0 Å². The molecule has 0 aliphatic carbocycles. The number of hydrogen-bond donors (Lipinski definition) is 1. The topological polar surface area (TPSA) is 46.5 Å².